The van der Waals surface area contributed by atoms with E-state index in [4.69, 9.17) is 0 Å². The number of rotatable bonds is 4. The molecule has 1 atom stereocenters. The van der Waals surface area contributed by atoms with E-state index in [9.17, 15) is 23.1 Å². The van der Waals surface area contributed by atoms with Gasteiger partial charge in [0.05, 0.1) is 0 Å². The van der Waals surface area contributed by atoms with Crippen molar-refractivity contribution in [2.45, 2.75) is 31.9 Å². The van der Waals surface area contributed by atoms with Gasteiger partial charge >= 0.3 is 12.3 Å². The maximum absolute atomic E-state index is 12.4. The summed E-state index contributed by atoms with van der Waals surface area (Å²) in [6.45, 7) is 0.651. The van der Waals surface area contributed by atoms with Crippen LogP contribution in [-0.4, -0.2) is 28.4 Å². The third-order valence-electron chi connectivity index (χ3n) is 4.15. The molecule has 4 nitrogen and oxygen atoms in total. The molecule has 2 aromatic rings. The minimum absolute atomic E-state index is 0.223. The maximum atomic E-state index is 12.4. The summed E-state index contributed by atoms with van der Waals surface area (Å²) in [6.07, 6.45) is -4.39. The zero-order valence-corrected chi connectivity index (χ0v) is 13.2. The van der Waals surface area contributed by atoms with E-state index >= 15 is 0 Å². The van der Waals surface area contributed by atoms with Gasteiger partial charge in [0.25, 0.3) is 0 Å². The van der Waals surface area contributed by atoms with Crippen LogP contribution in [0.2, 0.25) is 0 Å². The van der Waals surface area contributed by atoms with E-state index in [1.807, 2.05) is 24.3 Å². The van der Waals surface area contributed by atoms with E-state index < -0.39 is 18.4 Å². The lowest BCUT2D eigenvalue weighted by Crippen LogP contribution is -2.45. The van der Waals surface area contributed by atoms with Crippen molar-refractivity contribution in [2.75, 3.05) is 0 Å². The number of aliphatic carboxylic acids is 1. The van der Waals surface area contributed by atoms with Gasteiger partial charge in [-0.15, -0.1) is 13.2 Å². The van der Waals surface area contributed by atoms with Crippen molar-refractivity contribution in [3.8, 4) is 5.75 Å². The fourth-order valence-corrected chi connectivity index (χ4v) is 3.06. The molecule has 1 aliphatic heterocycles. The quantitative estimate of drug-likeness (QED) is 0.915. The average molecular weight is 351 g/mol. The minimum Gasteiger partial charge on any atom is -0.480 e. The molecule has 2 aromatic carbocycles. The number of fused-ring (bicyclic) bond motifs is 1. The van der Waals surface area contributed by atoms with Gasteiger partial charge in [-0.25, -0.2) is 0 Å². The zero-order valence-electron chi connectivity index (χ0n) is 13.2. The molecule has 0 fully saturated rings. The van der Waals surface area contributed by atoms with Gasteiger partial charge in [-0.05, 0) is 35.2 Å². The second-order valence-electron chi connectivity index (χ2n) is 5.93. The van der Waals surface area contributed by atoms with Gasteiger partial charge in [-0.2, -0.15) is 0 Å². The van der Waals surface area contributed by atoms with Crippen molar-refractivity contribution in [1.82, 2.24) is 4.90 Å². The summed E-state index contributed by atoms with van der Waals surface area (Å²) in [4.78, 5) is 13.4. The van der Waals surface area contributed by atoms with Crippen molar-refractivity contribution in [3.63, 3.8) is 0 Å². The second-order valence-corrected chi connectivity index (χ2v) is 5.93. The van der Waals surface area contributed by atoms with Crippen molar-refractivity contribution in [1.29, 1.82) is 0 Å². The average Bonchev–Trinajstić information content (AvgIpc) is 2.52. The lowest BCUT2D eigenvalue weighted by molar-refractivity contribution is -0.274. The summed E-state index contributed by atoms with van der Waals surface area (Å²) in [5.41, 5.74) is 2.58. The van der Waals surface area contributed by atoms with Crippen LogP contribution in [0.25, 0.3) is 0 Å². The van der Waals surface area contributed by atoms with Gasteiger partial charge in [0.2, 0.25) is 0 Å². The standard InChI is InChI=1S/C18H16F3NO3/c19-18(20,21)25-15-7-3-4-12(8-15)10-22-11-14-6-2-1-5-13(14)9-16(22)17(23)24/h1-8,16H,9-11H2,(H,23,24)/t16-/m1/s1. The van der Waals surface area contributed by atoms with Crippen LogP contribution in [0.5, 0.6) is 5.75 Å². The molecular formula is C18H16F3NO3. The van der Waals surface area contributed by atoms with Crippen LogP contribution >= 0.6 is 0 Å². The largest absolute Gasteiger partial charge is 0.573 e. The Kier molecular flexibility index (Phi) is 4.67. The highest BCUT2D eigenvalue weighted by Crippen LogP contribution is 2.27. The summed E-state index contributed by atoms with van der Waals surface area (Å²) in [6, 6.07) is 12.5. The Labute approximate surface area is 142 Å². The number of benzene rings is 2. The van der Waals surface area contributed by atoms with Gasteiger partial charge in [-0.1, -0.05) is 36.4 Å². The Balaban J connectivity index is 1.81. The van der Waals surface area contributed by atoms with Crippen LogP contribution in [0, 0.1) is 0 Å². The summed E-state index contributed by atoms with van der Waals surface area (Å²) < 4.78 is 41.0. The molecule has 7 heteroatoms. The number of alkyl halides is 3. The number of carboxylic acid groups (broad SMARTS) is 1. The molecule has 1 N–H and O–H groups in total. The second kappa shape index (κ2) is 6.76. The van der Waals surface area contributed by atoms with Crippen molar-refractivity contribution in [3.05, 3.63) is 65.2 Å². The number of hydrogen-bond donors (Lipinski definition) is 1. The topological polar surface area (TPSA) is 49.8 Å². The van der Waals surface area contributed by atoms with Gasteiger partial charge in [0, 0.05) is 13.1 Å². The highest BCUT2D eigenvalue weighted by molar-refractivity contribution is 5.74. The van der Waals surface area contributed by atoms with E-state index in [-0.39, 0.29) is 12.3 Å². The molecule has 1 heterocycles. The van der Waals surface area contributed by atoms with E-state index in [1.165, 1.54) is 18.2 Å². The molecule has 1 aliphatic rings. The molecule has 0 saturated heterocycles. The molecule has 0 aliphatic carbocycles. The molecule has 0 aromatic heterocycles. The first-order valence-electron chi connectivity index (χ1n) is 7.70. The molecule has 0 amide bonds. The fraction of sp³-hybridized carbons (Fsp3) is 0.278. The highest BCUT2D eigenvalue weighted by Gasteiger charge is 2.32. The zero-order chi connectivity index (χ0) is 18.0. The summed E-state index contributed by atoms with van der Waals surface area (Å²) in [7, 11) is 0. The van der Waals surface area contributed by atoms with Gasteiger partial charge in [0.15, 0.2) is 0 Å². The van der Waals surface area contributed by atoms with E-state index in [0.29, 0.717) is 18.5 Å². The number of carbonyl (C=O) groups is 1. The molecule has 25 heavy (non-hydrogen) atoms. The molecule has 3 rings (SSSR count). The molecule has 0 spiro atoms. The van der Waals surface area contributed by atoms with Crippen LogP contribution in [0.1, 0.15) is 16.7 Å². The van der Waals surface area contributed by atoms with E-state index in [2.05, 4.69) is 4.74 Å². The summed E-state index contributed by atoms with van der Waals surface area (Å²) in [5, 5.41) is 9.50. The monoisotopic (exact) mass is 351 g/mol. The van der Waals surface area contributed by atoms with Crippen LogP contribution in [0.3, 0.4) is 0 Å². The Bertz CT molecular complexity index is 776. The first-order chi connectivity index (χ1) is 11.8. The normalized spacial score (nSPS) is 17.8. The summed E-state index contributed by atoms with van der Waals surface area (Å²) in [5.74, 6) is -1.26. The molecule has 0 unspecified atom stereocenters. The number of hydrogen-bond acceptors (Lipinski definition) is 3. The number of halogens is 3. The Hall–Kier alpha value is -2.54. The fourth-order valence-electron chi connectivity index (χ4n) is 3.06. The van der Waals surface area contributed by atoms with E-state index in [1.54, 1.807) is 11.0 Å². The lowest BCUT2D eigenvalue weighted by atomic mass is 9.93. The Morgan fingerprint density at radius 1 is 1.16 bits per heavy atom. The molecule has 132 valence electrons. The third-order valence-corrected chi connectivity index (χ3v) is 4.15. The Morgan fingerprint density at radius 3 is 2.56 bits per heavy atom. The highest BCUT2D eigenvalue weighted by atomic mass is 19.4. The van der Waals surface area contributed by atoms with Crippen LogP contribution in [-0.2, 0) is 24.3 Å². The van der Waals surface area contributed by atoms with Crippen molar-refractivity contribution in [2.24, 2.45) is 0 Å². The predicted octanol–water partition coefficient (Wildman–Crippen LogP) is 3.60. The van der Waals surface area contributed by atoms with E-state index in [0.717, 1.165) is 11.1 Å². The van der Waals surface area contributed by atoms with Gasteiger partial charge in [-0.3, -0.25) is 9.69 Å². The van der Waals surface area contributed by atoms with Crippen LogP contribution in [0.4, 0.5) is 13.2 Å². The minimum atomic E-state index is -4.76. The van der Waals surface area contributed by atoms with Crippen LogP contribution < -0.4 is 4.74 Å². The molecule has 0 saturated carbocycles. The first-order valence-corrected chi connectivity index (χ1v) is 7.70. The van der Waals surface area contributed by atoms with Crippen molar-refractivity contribution >= 4 is 5.97 Å². The molecular weight excluding hydrogens is 335 g/mol. The maximum Gasteiger partial charge on any atom is 0.573 e. The smallest absolute Gasteiger partial charge is 0.480 e. The van der Waals surface area contributed by atoms with Gasteiger partial charge in [0.1, 0.15) is 11.8 Å². The summed E-state index contributed by atoms with van der Waals surface area (Å²) >= 11 is 0. The first kappa shape index (κ1) is 17.3. The molecule has 0 bridgehead atoms. The predicted molar refractivity (Wildman–Crippen MR) is 83.9 cm³/mol. The SMILES string of the molecule is O=C(O)[C@H]1Cc2ccccc2CN1Cc1cccc(OC(F)(F)F)c1. The number of ether oxygens (including phenoxy) is 1. The van der Waals surface area contributed by atoms with Crippen LogP contribution in [0.15, 0.2) is 48.5 Å². The Morgan fingerprint density at radius 2 is 1.88 bits per heavy atom. The van der Waals surface area contributed by atoms with Gasteiger partial charge < -0.3 is 9.84 Å². The molecule has 0 radical (unpaired) electrons. The van der Waals surface area contributed by atoms with Crippen molar-refractivity contribution < 1.29 is 27.8 Å². The number of nitrogens with zero attached hydrogens (tertiary/aromatic N) is 1. The number of carboxylic acids is 1. The lowest BCUT2D eigenvalue weighted by Gasteiger charge is -2.34. The third kappa shape index (κ3) is 4.30.